The van der Waals surface area contributed by atoms with Crippen molar-refractivity contribution in [2.24, 2.45) is 5.73 Å². The van der Waals surface area contributed by atoms with Crippen LogP contribution in [0.15, 0.2) is 35.7 Å². The zero-order valence-corrected chi connectivity index (χ0v) is 12.5. The van der Waals surface area contributed by atoms with Crippen LogP contribution in [0.3, 0.4) is 0 Å². The number of carbonyl (C=O) groups is 1. The summed E-state index contributed by atoms with van der Waals surface area (Å²) in [7, 11) is 0. The van der Waals surface area contributed by atoms with Gasteiger partial charge in [-0.2, -0.15) is 0 Å². The van der Waals surface area contributed by atoms with E-state index >= 15 is 0 Å². The van der Waals surface area contributed by atoms with Crippen LogP contribution in [0.5, 0.6) is 0 Å². The van der Waals surface area contributed by atoms with Crippen molar-refractivity contribution in [2.45, 2.75) is 27.3 Å². The molecule has 3 nitrogen and oxygen atoms in total. The number of hydrogen-bond donors (Lipinski definition) is 2. The van der Waals surface area contributed by atoms with Crippen molar-refractivity contribution in [3.05, 3.63) is 51.7 Å². The lowest BCUT2D eigenvalue weighted by Crippen LogP contribution is -1.95. The van der Waals surface area contributed by atoms with Gasteiger partial charge in [-0.25, -0.2) is 0 Å². The van der Waals surface area contributed by atoms with E-state index in [1.807, 2.05) is 56.5 Å². The molecule has 0 bridgehead atoms. The van der Waals surface area contributed by atoms with E-state index < -0.39 is 0 Å². The zero-order chi connectivity index (χ0) is 14.7. The normalized spacial score (nSPS) is 8.63. The summed E-state index contributed by atoms with van der Waals surface area (Å²) in [6.45, 7) is 6.52. The minimum atomic E-state index is 0.584. The number of aryl methyl sites for hydroxylation is 1. The van der Waals surface area contributed by atoms with Gasteiger partial charge >= 0.3 is 0 Å². The summed E-state index contributed by atoms with van der Waals surface area (Å²) < 4.78 is 0. The fourth-order valence-electron chi connectivity index (χ4n) is 1.17. The molecule has 0 aliphatic rings. The van der Waals surface area contributed by atoms with Gasteiger partial charge in [0.1, 0.15) is 0 Å². The van der Waals surface area contributed by atoms with E-state index in [0.29, 0.717) is 6.54 Å². The third kappa shape index (κ3) is 6.74. The second kappa shape index (κ2) is 10.3. The number of benzene rings is 1. The number of thiophene rings is 1. The maximum atomic E-state index is 10.1. The number of nitrogen functional groups attached to an aromatic ring is 1. The van der Waals surface area contributed by atoms with Crippen LogP contribution in [-0.2, 0) is 6.54 Å². The van der Waals surface area contributed by atoms with Crippen molar-refractivity contribution in [1.29, 1.82) is 0 Å². The SMILES string of the molecule is CC.Cc1sccc1C=O.NCc1ccc(N)cc1. The van der Waals surface area contributed by atoms with Crippen molar-refractivity contribution in [2.75, 3.05) is 5.73 Å². The van der Waals surface area contributed by atoms with Gasteiger partial charge in [0.2, 0.25) is 0 Å². The van der Waals surface area contributed by atoms with Crippen molar-refractivity contribution < 1.29 is 4.79 Å². The van der Waals surface area contributed by atoms with Gasteiger partial charge in [0, 0.05) is 22.7 Å². The number of rotatable bonds is 2. The molecule has 0 fully saturated rings. The number of anilines is 1. The predicted octanol–water partition coefficient (Wildman–Crippen LogP) is 3.62. The van der Waals surface area contributed by atoms with E-state index in [1.54, 1.807) is 11.3 Å². The summed E-state index contributed by atoms with van der Waals surface area (Å²) in [5, 5.41) is 1.92. The highest BCUT2D eigenvalue weighted by atomic mass is 32.1. The lowest BCUT2D eigenvalue weighted by Gasteiger charge is -1.94. The Kier molecular flexibility index (Phi) is 9.40. The third-order valence-corrected chi connectivity index (χ3v) is 3.10. The Labute approximate surface area is 119 Å². The molecule has 0 aliphatic carbocycles. The minimum Gasteiger partial charge on any atom is -0.399 e. The molecule has 1 aromatic carbocycles. The van der Waals surface area contributed by atoms with E-state index in [1.165, 1.54) is 0 Å². The molecule has 0 saturated carbocycles. The Morgan fingerprint density at radius 2 is 1.74 bits per heavy atom. The molecule has 104 valence electrons. The Morgan fingerprint density at radius 3 is 2.05 bits per heavy atom. The predicted molar refractivity (Wildman–Crippen MR) is 84.5 cm³/mol. The summed E-state index contributed by atoms with van der Waals surface area (Å²) >= 11 is 1.60. The van der Waals surface area contributed by atoms with Gasteiger partial charge in [-0.1, -0.05) is 26.0 Å². The lowest BCUT2D eigenvalue weighted by atomic mass is 10.2. The Balaban J connectivity index is 0.000000303. The number of aldehydes is 1. The van der Waals surface area contributed by atoms with E-state index in [9.17, 15) is 4.79 Å². The first kappa shape index (κ1) is 17.4. The van der Waals surface area contributed by atoms with Gasteiger partial charge in [-0.3, -0.25) is 4.79 Å². The topological polar surface area (TPSA) is 69.1 Å². The van der Waals surface area contributed by atoms with Crippen LogP contribution < -0.4 is 11.5 Å². The fraction of sp³-hybridized carbons (Fsp3) is 0.267. The van der Waals surface area contributed by atoms with Crippen molar-refractivity contribution in [1.82, 2.24) is 0 Å². The summed E-state index contributed by atoms with van der Waals surface area (Å²) in [4.78, 5) is 11.2. The molecule has 19 heavy (non-hydrogen) atoms. The summed E-state index contributed by atoms with van der Waals surface area (Å²) in [6.07, 6.45) is 0.881. The van der Waals surface area contributed by atoms with Gasteiger partial charge in [0.05, 0.1) is 0 Å². The fourth-order valence-corrected chi connectivity index (χ4v) is 1.84. The molecule has 0 amide bonds. The Hall–Kier alpha value is -1.65. The first-order chi connectivity index (χ1) is 9.17. The molecule has 1 heterocycles. The summed E-state index contributed by atoms with van der Waals surface area (Å²) in [5.74, 6) is 0. The van der Waals surface area contributed by atoms with Crippen molar-refractivity contribution in [3.8, 4) is 0 Å². The molecular formula is C15H22N2OS. The van der Waals surface area contributed by atoms with E-state index in [4.69, 9.17) is 11.5 Å². The quantitative estimate of drug-likeness (QED) is 0.651. The average Bonchev–Trinajstić information content (AvgIpc) is 2.88. The molecule has 4 N–H and O–H groups in total. The van der Waals surface area contributed by atoms with Gasteiger partial charge in [-0.05, 0) is 36.1 Å². The van der Waals surface area contributed by atoms with Crippen LogP contribution in [0.1, 0.15) is 34.6 Å². The second-order valence-electron chi connectivity index (χ2n) is 3.50. The molecule has 1 aromatic heterocycles. The minimum absolute atomic E-state index is 0.584. The van der Waals surface area contributed by atoms with Crippen LogP contribution >= 0.6 is 11.3 Å². The van der Waals surface area contributed by atoms with Gasteiger partial charge < -0.3 is 11.5 Å². The van der Waals surface area contributed by atoms with Gasteiger partial charge in [0.25, 0.3) is 0 Å². The number of carbonyl (C=O) groups excluding carboxylic acids is 1. The van der Waals surface area contributed by atoms with E-state index in [0.717, 1.165) is 28.0 Å². The molecule has 0 saturated heterocycles. The number of hydrogen-bond acceptors (Lipinski definition) is 4. The zero-order valence-electron chi connectivity index (χ0n) is 11.7. The second-order valence-corrected chi connectivity index (χ2v) is 4.62. The molecule has 0 radical (unpaired) electrons. The molecule has 0 spiro atoms. The third-order valence-electron chi connectivity index (χ3n) is 2.24. The summed E-state index contributed by atoms with van der Waals surface area (Å²) in [5.41, 5.74) is 13.5. The smallest absolute Gasteiger partial charge is 0.151 e. The van der Waals surface area contributed by atoms with Gasteiger partial charge in [-0.15, -0.1) is 11.3 Å². The van der Waals surface area contributed by atoms with Crippen molar-refractivity contribution in [3.63, 3.8) is 0 Å². The highest BCUT2D eigenvalue weighted by Crippen LogP contribution is 2.11. The van der Waals surface area contributed by atoms with Gasteiger partial charge in [0.15, 0.2) is 6.29 Å². The first-order valence-electron chi connectivity index (χ1n) is 6.21. The van der Waals surface area contributed by atoms with Crippen LogP contribution in [0.25, 0.3) is 0 Å². The average molecular weight is 278 g/mol. The molecule has 2 aromatic rings. The maximum absolute atomic E-state index is 10.1. The standard InChI is InChI=1S/C7H10N2.C6H6OS.C2H6/c8-5-6-1-3-7(9)4-2-6;1-5-6(4-7)2-3-8-5;1-2/h1-4H,5,8-9H2;2-4H,1H3;1-2H3. The molecule has 2 rings (SSSR count). The molecule has 4 heteroatoms. The molecule has 0 unspecified atom stereocenters. The molecule has 0 atom stereocenters. The first-order valence-corrected chi connectivity index (χ1v) is 7.09. The molecular weight excluding hydrogens is 256 g/mol. The van der Waals surface area contributed by atoms with E-state index in [-0.39, 0.29) is 0 Å². The van der Waals surface area contributed by atoms with Crippen LogP contribution in [0.4, 0.5) is 5.69 Å². The van der Waals surface area contributed by atoms with Crippen LogP contribution in [0, 0.1) is 6.92 Å². The lowest BCUT2D eigenvalue weighted by molar-refractivity contribution is 0.112. The summed E-state index contributed by atoms with van der Waals surface area (Å²) in [6, 6.07) is 9.38. The Bertz CT molecular complexity index is 463. The monoisotopic (exact) mass is 278 g/mol. The van der Waals surface area contributed by atoms with Crippen LogP contribution in [0.2, 0.25) is 0 Å². The maximum Gasteiger partial charge on any atom is 0.151 e. The largest absolute Gasteiger partial charge is 0.399 e. The molecule has 0 aliphatic heterocycles. The van der Waals surface area contributed by atoms with Crippen molar-refractivity contribution >= 4 is 23.3 Å². The number of nitrogens with two attached hydrogens (primary N) is 2. The Morgan fingerprint density at radius 1 is 1.16 bits per heavy atom. The highest BCUT2D eigenvalue weighted by Gasteiger charge is 1.93. The van der Waals surface area contributed by atoms with E-state index in [2.05, 4.69) is 0 Å². The van der Waals surface area contributed by atoms with Crippen LogP contribution in [-0.4, -0.2) is 6.29 Å². The highest BCUT2D eigenvalue weighted by molar-refractivity contribution is 7.10.